The van der Waals surface area contributed by atoms with E-state index in [0.717, 1.165) is 12.1 Å². The summed E-state index contributed by atoms with van der Waals surface area (Å²) in [4.78, 5) is 4.57. The van der Waals surface area contributed by atoms with Crippen molar-refractivity contribution in [3.05, 3.63) is 82.9 Å². The van der Waals surface area contributed by atoms with Crippen LogP contribution in [0.4, 0.5) is 5.69 Å². The third kappa shape index (κ3) is 3.34. The van der Waals surface area contributed by atoms with E-state index in [2.05, 4.69) is 56.1 Å². The maximum Gasteiger partial charge on any atom is 0.0625 e. The lowest BCUT2D eigenvalue weighted by molar-refractivity contribution is 0.971. The molecule has 1 aliphatic carbocycles. The van der Waals surface area contributed by atoms with Crippen molar-refractivity contribution >= 4 is 17.5 Å². The summed E-state index contributed by atoms with van der Waals surface area (Å²) in [7, 11) is 0. The smallest absolute Gasteiger partial charge is 0.0625 e. The van der Waals surface area contributed by atoms with Crippen LogP contribution in [0.25, 0.3) is 5.57 Å². The molecule has 3 rings (SSSR count). The number of nitrogens with zero attached hydrogens (tertiary/aromatic N) is 1. The van der Waals surface area contributed by atoms with Crippen molar-refractivity contribution in [2.75, 3.05) is 0 Å². The quantitative estimate of drug-likeness (QED) is 0.614. The van der Waals surface area contributed by atoms with E-state index in [-0.39, 0.29) is 0 Å². The molecule has 2 aromatic rings. The summed E-state index contributed by atoms with van der Waals surface area (Å²) >= 11 is 0. The van der Waals surface area contributed by atoms with Crippen LogP contribution in [-0.4, -0.2) is 6.21 Å². The maximum atomic E-state index is 4.57. The SMILES string of the molecule is CC1=CC(C)C(c2ccccc2CC=Nc2ccccc2)=C1C. The van der Waals surface area contributed by atoms with E-state index < -0.39 is 0 Å². The van der Waals surface area contributed by atoms with Gasteiger partial charge in [-0.2, -0.15) is 0 Å². The molecule has 116 valence electrons. The first-order valence-electron chi connectivity index (χ1n) is 8.22. The van der Waals surface area contributed by atoms with Crippen molar-refractivity contribution < 1.29 is 0 Å². The fraction of sp³-hybridized carbons (Fsp3) is 0.227. The average molecular weight is 301 g/mol. The molecule has 0 fully saturated rings. The van der Waals surface area contributed by atoms with Crippen LogP contribution in [0.1, 0.15) is 31.9 Å². The molecule has 0 amide bonds. The van der Waals surface area contributed by atoms with Crippen molar-refractivity contribution in [1.29, 1.82) is 0 Å². The van der Waals surface area contributed by atoms with Crippen molar-refractivity contribution in [2.24, 2.45) is 10.9 Å². The largest absolute Gasteiger partial charge is 0.261 e. The van der Waals surface area contributed by atoms with Gasteiger partial charge in [0.05, 0.1) is 5.69 Å². The summed E-state index contributed by atoms with van der Waals surface area (Å²) in [6, 6.07) is 18.8. The molecule has 0 saturated heterocycles. The van der Waals surface area contributed by atoms with Crippen molar-refractivity contribution in [2.45, 2.75) is 27.2 Å². The van der Waals surface area contributed by atoms with E-state index in [9.17, 15) is 0 Å². The summed E-state index contributed by atoms with van der Waals surface area (Å²) in [5, 5.41) is 0. The normalized spacial score (nSPS) is 17.9. The predicted molar refractivity (Wildman–Crippen MR) is 100 cm³/mol. The Morgan fingerprint density at radius 3 is 2.35 bits per heavy atom. The number of hydrogen-bond acceptors (Lipinski definition) is 1. The Bertz CT molecular complexity index is 779. The molecule has 1 aliphatic rings. The highest BCUT2D eigenvalue weighted by atomic mass is 14.7. The van der Waals surface area contributed by atoms with Crippen molar-refractivity contribution in [3.8, 4) is 0 Å². The first kappa shape index (κ1) is 15.5. The molecular formula is C22H23N. The lowest BCUT2D eigenvalue weighted by Crippen LogP contribution is -1.99. The molecule has 0 radical (unpaired) electrons. The van der Waals surface area contributed by atoms with E-state index in [1.165, 1.54) is 27.8 Å². The summed E-state index contributed by atoms with van der Waals surface area (Å²) < 4.78 is 0. The molecule has 0 bridgehead atoms. The lowest BCUT2D eigenvalue weighted by Gasteiger charge is -2.15. The van der Waals surface area contributed by atoms with Gasteiger partial charge in [0.15, 0.2) is 0 Å². The van der Waals surface area contributed by atoms with E-state index in [1.807, 2.05) is 36.5 Å². The van der Waals surface area contributed by atoms with Gasteiger partial charge in [-0.05, 0) is 48.3 Å². The highest BCUT2D eigenvalue weighted by Gasteiger charge is 2.21. The van der Waals surface area contributed by atoms with Crippen LogP contribution in [0.3, 0.4) is 0 Å². The lowest BCUT2D eigenvalue weighted by atomic mass is 9.90. The van der Waals surface area contributed by atoms with Crippen LogP contribution in [0.15, 0.2) is 76.8 Å². The Hall–Kier alpha value is -2.41. The van der Waals surface area contributed by atoms with Gasteiger partial charge >= 0.3 is 0 Å². The van der Waals surface area contributed by atoms with Crippen LogP contribution in [0.2, 0.25) is 0 Å². The second-order valence-corrected chi connectivity index (χ2v) is 6.19. The Labute approximate surface area is 139 Å². The second-order valence-electron chi connectivity index (χ2n) is 6.19. The highest BCUT2D eigenvalue weighted by Crippen LogP contribution is 2.38. The molecule has 1 heteroatoms. The molecule has 0 aromatic heterocycles. The molecule has 1 nitrogen and oxygen atoms in total. The Balaban J connectivity index is 1.87. The van der Waals surface area contributed by atoms with Gasteiger partial charge in [-0.25, -0.2) is 0 Å². The van der Waals surface area contributed by atoms with Crippen LogP contribution >= 0.6 is 0 Å². The summed E-state index contributed by atoms with van der Waals surface area (Å²) in [6.07, 6.45) is 5.23. The van der Waals surface area contributed by atoms with Crippen molar-refractivity contribution in [1.82, 2.24) is 0 Å². The van der Waals surface area contributed by atoms with Crippen molar-refractivity contribution in [3.63, 3.8) is 0 Å². The van der Waals surface area contributed by atoms with Gasteiger partial charge in [0.25, 0.3) is 0 Å². The van der Waals surface area contributed by atoms with Crippen LogP contribution in [-0.2, 0) is 6.42 Å². The fourth-order valence-electron chi connectivity index (χ4n) is 3.31. The number of para-hydroxylation sites is 1. The predicted octanol–water partition coefficient (Wildman–Crippen LogP) is 6.00. The number of benzene rings is 2. The van der Waals surface area contributed by atoms with Crippen LogP contribution < -0.4 is 0 Å². The molecule has 1 unspecified atom stereocenters. The van der Waals surface area contributed by atoms with Gasteiger partial charge in [0, 0.05) is 18.6 Å². The summed E-state index contributed by atoms with van der Waals surface area (Å²) in [5.41, 5.74) is 8.00. The number of allylic oxidation sites excluding steroid dienone is 4. The Morgan fingerprint density at radius 1 is 0.957 bits per heavy atom. The molecular weight excluding hydrogens is 278 g/mol. The fourth-order valence-corrected chi connectivity index (χ4v) is 3.31. The zero-order chi connectivity index (χ0) is 16.2. The minimum atomic E-state index is 0.488. The van der Waals surface area contributed by atoms with Gasteiger partial charge in [0.2, 0.25) is 0 Å². The third-order valence-electron chi connectivity index (χ3n) is 4.57. The topological polar surface area (TPSA) is 12.4 Å². The van der Waals surface area contributed by atoms with Gasteiger partial charge in [-0.15, -0.1) is 0 Å². The second kappa shape index (κ2) is 6.78. The summed E-state index contributed by atoms with van der Waals surface area (Å²) in [6.45, 7) is 6.72. The van der Waals surface area contributed by atoms with E-state index in [4.69, 9.17) is 0 Å². The summed E-state index contributed by atoms with van der Waals surface area (Å²) in [5.74, 6) is 0.488. The molecule has 0 aliphatic heterocycles. The van der Waals surface area contributed by atoms with E-state index in [0.29, 0.717) is 5.92 Å². The highest BCUT2D eigenvalue weighted by molar-refractivity contribution is 5.81. The monoisotopic (exact) mass is 301 g/mol. The zero-order valence-electron chi connectivity index (χ0n) is 14.1. The number of rotatable bonds is 4. The first-order chi connectivity index (χ1) is 11.2. The van der Waals surface area contributed by atoms with E-state index >= 15 is 0 Å². The third-order valence-corrected chi connectivity index (χ3v) is 4.57. The number of aliphatic imine (C=N–C) groups is 1. The molecule has 0 saturated carbocycles. The van der Waals surface area contributed by atoms with Crippen LogP contribution in [0, 0.1) is 5.92 Å². The molecule has 0 N–H and O–H groups in total. The molecule has 23 heavy (non-hydrogen) atoms. The van der Waals surface area contributed by atoms with Gasteiger partial charge < -0.3 is 0 Å². The first-order valence-corrected chi connectivity index (χ1v) is 8.22. The maximum absolute atomic E-state index is 4.57. The van der Waals surface area contributed by atoms with Gasteiger partial charge in [-0.3, -0.25) is 4.99 Å². The van der Waals surface area contributed by atoms with Gasteiger partial charge in [-0.1, -0.05) is 61.0 Å². The minimum Gasteiger partial charge on any atom is -0.261 e. The Morgan fingerprint density at radius 2 is 1.65 bits per heavy atom. The average Bonchev–Trinajstić information content (AvgIpc) is 2.82. The Kier molecular flexibility index (Phi) is 4.57. The van der Waals surface area contributed by atoms with Gasteiger partial charge in [0.1, 0.15) is 0 Å². The molecule has 0 heterocycles. The zero-order valence-corrected chi connectivity index (χ0v) is 14.1. The molecule has 1 atom stereocenters. The standard InChI is InChI=1S/C22H23N/c1-16-15-17(2)22(18(16)3)21-12-8-7-9-19(21)13-14-23-20-10-5-4-6-11-20/h4-12,14-15,17H,13H2,1-3H3. The molecule has 0 spiro atoms. The van der Waals surface area contributed by atoms with E-state index in [1.54, 1.807) is 0 Å². The minimum absolute atomic E-state index is 0.488. The number of hydrogen-bond donors (Lipinski definition) is 0. The molecule has 2 aromatic carbocycles. The van der Waals surface area contributed by atoms with Crippen LogP contribution in [0.5, 0.6) is 0 Å².